The lowest BCUT2D eigenvalue weighted by molar-refractivity contribution is 0.102. The maximum Gasteiger partial charge on any atom is 0.415 e. The molecule has 0 spiro atoms. The Labute approximate surface area is 233 Å². The molecule has 2 saturated heterocycles. The van der Waals surface area contributed by atoms with Gasteiger partial charge in [-0.15, -0.1) is 0 Å². The smallest absolute Gasteiger partial charge is 0.409 e. The first kappa shape index (κ1) is 27.2. The summed E-state index contributed by atoms with van der Waals surface area (Å²) in [6, 6.07) is 11.0. The minimum atomic E-state index is -0.367. The predicted octanol–water partition coefficient (Wildman–Crippen LogP) is 5.06. The molecule has 10 heteroatoms. The van der Waals surface area contributed by atoms with Gasteiger partial charge in [0, 0.05) is 50.4 Å². The minimum Gasteiger partial charge on any atom is -0.409 e. The molecule has 39 heavy (non-hydrogen) atoms. The number of hydrogen-bond acceptors (Lipinski definition) is 7. The van der Waals surface area contributed by atoms with Crippen molar-refractivity contribution in [2.75, 3.05) is 37.2 Å². The molecule has 2 aromatic heterocycles. The molecule has 0 aliphatic carbocycles. The quantitative estimate of drug-likeness (QED) is 0.394. The third kappa shape index (κ3) is 7.60. The van der Waals surface area contributed by atoms with Crippen molar-refractivity contribution in [3.63, 3.8) is 0 Å². The molecule has 2 fully saturated rings. The van der Waals surface area contributed by atoms with Crippen LogP contribution in [0, 0.1) is 5.92 Å². The number of imidazole rings is 1. The van der Waals surface area contributed by atoms with Crippen LogP contribution >= 0.6 is 11.8 Å². The van der Waals surface area contributed by atoms with Gasteiger partial charge in [0.2, 0.25) is 0 Å². The van der Waals surface area contributed by atoms with E-state index >= 15 is 0 Å². The van der Waals surface area contributed by atoms with Crippen LogP contribution in [-0.4, -0.2) is 68.3 Å². The summed E-state index contributed by atoms with van der Waals surface area (Å²) in [5.74, 6) is 2.08. The lowest BCUT2D eigenvalue weighted by atomic mass is 9.99. The minimum absolute atomic E-state index is 0.222. The Bertz CT molecular complexity index is 1230. The topological polar surface area (TPSA) is 92.6 Å². The lowest BCUT2D eigenvalue weighted by Crippen LogP contribution is -2.40. The van der Waals surface area contributed by atoms with Crippen LogP contribution in [0.15, 0.2) is 60.1 Å². The summed E-state index contributed by atoms with van der Waals surface area (Å²) in [5.41, 5.74) is 1.79. The second kappa shape index (κ2) is 13.1. The number of hydrogen-bond donors (Lipinski definition) is 1. The van der Waals surface area contributed by atoms with E-state index in [9.17, 15) is 9.59 Å². The largest absolute Gasteiger partial charge is 0.415 e. The Morgan fingerprint density at radius 2 is 1.77 bits per heavy atom. The number of carbonyl (C=O) groups excluding carboxylic acids is 2. The summed E-state index contributed by atoms with van der Waals surface area (Å²) in [4.78, 5) is 38.2. The summed E-state index contributed by atoms with van der Waals surface area (Å²) >= 11 is 1.76. The summed E-state index contributed by atoms with van der Waals surface area (Å²) in [5, 5.41) is 3.83. The first-order chi connectivity index (χ1) is 19.0. The fraction of sp³-hybridized carbons (Fsp3) is 0.448. The Kier molecular flexibility index (Phi) is 9.15. The molecule has 0 unspecified atom stereocenters. The van der Waals surface area contributed by atoms with Crippen LogP contribution in [0.4, 0.5) is 10.6 Å². The van der Waals surface area contributed by atoms with E-state index < -0.39 is 0 Å². The van der Waals surface area contributed by atoms with Crippen LogP contribution in [0.25, 0.3) is 0 Å². The molecule has 0 bridgehead atoms. The van der Waals surface area contributed by atoms with Crippen molar-refractivity contribution in [1.29, 1.82) is 0 Å². The van der Waals surface area contributed by atoms with Crippen molar-refractivity contribution in [1.82, 2.24) is 24.3 Å². The van der Waals surface area contributed by atoms with Crippen LogP contribution in [-0.2, 0) is 13.6 Å². The van der Waals surface area contributed by atoms with Gasteiger partial charge in [-0.3, -0.25) is 9.69 Å². The first-order valence-electron chi connectivity index (χ1n) is 13.7. The van der Waals surface area contributed by atoms with Gasteiger partial charge in [-0.05, 0) is 74.5 Å². The number of benzene rings is 1. The van der Waals surface area contributed by atoms with E-state index in [1.165, 1.54) is 31.0 Å². The molecule has 0 atom stereocenters. The van der Waals surface area contributed by atoms with Gasteiger partial charge in [0.05, 0.1) is 6.20 Å². The molecule has 2 aliphatic rings. The molecule has 4 heterocycles. The number of amides is 2. The van der Waals surface area contributed by atoms with Gasteiger partial charge in [0.15, 0.2) is 10.9 Å². The molecule has 5 rings (SSSR count). The molecular weight excluding hydrogens is 512 g/mol. The number of likely N-dealkylation sites (tertiary alicyclic amines) is 2. The van der Waals surface area contributed by atoms with Gasteiger partial charge in [-0.25, -0.2) is 14.8 Å². The third-order valence-electron chi connectivity index (χ3n) is 7.35. The van der Waals surface area contributed by atoms with Gasteiger partial charge in [-0.1, -0.05) is 30.3 Å². The number of anilines is 1. The molecule has 0 saturated carbocycles. The number of aryl methyl sites for hydroxylation is 1. The molecule has 0 radical (unpaired) electrons. The highest BCUT2D eigenvalue weighted by atomic mass is 32.2. The third-order valence-corrected chi connectivity index (χ3v) is 8.64. The zero-order valence-corrected chi connectivity index (χ0v) is 23.2. The number of nitrogens with zero attached hydrogens (tertiary/aromatic N) is 5. The van der Waals surface area contributed by atoms with Crippen molar-refractivity contribution < 1.29 is 14.3 Å². The van der Waals surface area contributed by atoms with Gasteiger partial charge in [0.25, 0.3) is 5.91 Å². The monoisotopic (exact) mass is 548 g/mol. The van der Waals surface area contributed by atoms with E-state index in [-0.39, 0.29) is 12.0 Å². The van der Waals surface area contributed by atoms with E-state index in [2.05, 4.69) is 20.2 Å². The van der Waals surface area contributed by atoms with Crippen LogP contribution < -0.4 is 10.1 Å². The van der Waals surface area contributed by atoms with E-state index in [0.29, 0.717) is 36.1 Å². The highest BCUT2D eigenvalue weighted by molar-refractivity contribution is 7.99. The number of pyridine rings is 1. The van der Waals surface area contributed by atoms with E-state index in [4.69, 9.17) is 4.74 Å². The standard InChI is InChI=1S/C29H36N6O3S/c1-33-18-13-30-28(33)39-21-23-11-16-35(17-12-23)29(37)38-25-9-10-26(31-19-25)32-27(36)24-7-5-22(6-8-24)20-34-14-3-2-4-15-34/h5-10,13,18-19,23H,2-4,11-12,14-17,20-21H2,1H3,(H,31,32,36). The average molecular weight is 549 g/mol. The Balaban J connectivity index is 1.04. The van der Waals surface area contributed by atoms with Gasteiger partial charge >= 0.3 is 6.09 Å². The van der Waals surface area contributed by atoms with E-state index in [1.807, 2.05) is 48.3 Å². The fourth-order valence-corrected chi connectivity index (χ4v) is 6.09. The number of thioether (sulfide) groups is 1. The number of nitrogens with one attached hydrogen (secondary N) is 1. The fourth-order valence-electron chi connectivity index (χ4n) is 4.97. The van der Waals surface area contributed by atoms with Crippen LogP contribution in [0.2, 0.25) is 0 Å². The maximum absolute atomic E-state index is 12.7. The lowest BCUT2D eigenvalue weighted by Gasteiger charge is -2.30. The number of rotatable bonds is 8. The molecule has 1 N–H and O–H groups in total. The number of carbonyl (C=O) groups is 2. The highest BCUT2D eigenvalue weighted by Gasteiger charge is 2.24. The van der Waals surface area contributed by atoms with Crippen molar-refractivity contribution in [2.45, 2.75) is 43.8 Å². The molecular formula is C29H36N6O3S. The second-order valence-electron chi connectivity index (χ2n) is 10.3. The van der Waals surface area contributed by atoms with E-state index in [0.717, 1.165) is 43.4 Å². The van der Waals surface area contributed by atoms with Crippen LogP contribution in [0.5, 0.6) is 5.75 Å². The van der Waals surface area contributed by atoms with Gasteiger partial charge in [0.1, 0.15) is 5.82 Å². The summed E-state index contributed by atoms with van der Waals surface area (Å²) < 4.78 is 7.56. The van der Waals surface area contributed by atoms with Gasteiger partial charge < -0.3 is 19.5 Å². The Morgan fingerprint density at radius 1 is 1.00 bits per heavy atom. The Hall–Kier alpha value is -3.37. The zero-order valence-electron chi connectivity index (χ0n) is 22.4. The molecule has 9 nitrogen and oxygen atoms in total. The van der Waals surface area contributed by atoms with Crippen molar-refractivity contribution in [3.8, 4) is 5.75 Å². The normalized spacial score (nSPS) is 16.7. The SMILES string of the molecule is Cn1ccnc1SCC1CCN(C(=O)Oc2ccc(NC(=O)c3ccc(CN4CCCCC4)cc3)nc2)CC1. The second-order valence-corrected chi connectivity index (χ2v) is 11.3. The number of ether oxygens (including phenoxy) is 1. The molecule has 3 aromatic rings. The summed E-state index contributed by atoms with van der Waals surface area (Å²) in [7, 11) is 2.00. The summed E-state index contributed by atoms with van der Waals surface area (Å²) in [6.07, 6.45) is 10.6. The van der Waals surface area contributed by atoms with E-state index in [1.54, 1.807) is 28.8 Å². The van der Waals surface area contributed by atoms with Crippen molar-refractivity contribution >= 4 is 29.6 Å². The maximum atomic E-state index is 12.7. The number of aromatic nitrogens is 3. The average Bonchev–Trinajstić information content (AvgIpc) is 3.38. The predicted molar refractivity (Wildman–Crippen MR) is 152 cm³/mol. The highest BCUT2D eigenvalue weighted by Crippen LogP contribution is 2.26. The first-order valence-corrected chi connectivity index (χ1v) is 14.7. The van der Waals surface area contributed by atoms with Crippen molar-refractivity contribution in [3.05, 3.63) is 66.1 Å². The Morgan fingerprint density at radius 3 is 2.44 bits per heavy atom. The van der Waals surface area contributed by atoms with Crippen molar-refractivity contribution in [2.24, 2.45) is 13.0 Å². The molecule has 2 aliphatic heterocycles. The number of piperidine rings is 2. The zero-order chi connectivity index (χ0) is 27.0. The molecule has 206 valence electrons. The molecule has 1 aromatic carbocycles. The molecule has 2 amide bonds. The summed E-state index contributed by atoms with van der Waals surface area (Å²) in [6.45, 7) is 4.55. The van der Waals surface area contributed by atoms with Crippen LogP contribution in [0.3, 0.4) is 0 Å². The van der Waals surface area contributed by atoms with Gasteiger partial charge in [-0.2, -0.15) is 0 Å². The van der Waals surface area contributed by atoms with Crippen LogP contribution in [0.1, 0.15) is 48.0 Å².